The number of nitrogen functional groups attached to an aromatic ring is 1. The standard InChI is InChI=1S/C26H20FN5O4/c1-15-21(31-25(36-15)17-3-7-18(27)8-4-17)14-35-26-20(13-28)22(23(30-2)24(29)32-26)16-5-9-19(10-6-16)34-12-11-33/h3-10,33H,11-12,14H2,1H3,(H2,29,32). The molecule has 0 aliphatic rings. The Hall–Kier alpha value is -4.93. The number of aliphatic hydroxyl groups excluding tert-OH is 1. The molecule has 4 aromatic rings. The zero-order chi connectivity index (χ0) is 25.7. The number of benzene rings is 2. The first-order valence-corrected chi connectivity index (χ1v) is 10.7. The van der Waals surface area contributed by atoms with E-state index >= 15 is 0 Å². The molecule has 0 saturated heterocycles. The second-order valence-corrected chi connectivity index (χ2v) is 7.54. The monoisotopic (exact) mass is 485 g/mol. The molecule has 0 unspecified atom stereocenters. The number of pyridine rings is 1. The third kappa shape index (κ3) is 4.94. The molecule has 0 amide bonds. The molecule has 0 radical (unpaired) electrons. The molecule has 180 valence electrons. The number of halogens is 1. The van der Waals surface area contributed by atoms with Gasteiger partial charge in [0.25, 0.3) is 0 Å². The van der Waals surface area contributed by atoms with Gasteiger partial charge in [-0.3, -0.25) is 0 Å². The van der Waals surface area contributed by atoms with Gasteiger partial charge in [-0.05, 0) is 48.9 Å². The van der Waals surface area contributed by atoms with Crippen LogP contribution in [0.25, 0.3) is 27.4 Å². The van der Waals surface area contributed by atoms with E-state index < -0.39 is 0 Å². The number of anilines is 1. The summed E-state index contributed by atoms with van der Waals surface area (Å²) in [5, 5.41) is 18.9. The van der Waals surface area contributed by atoms with Crippen molar-refractivity contribution in [2.45, 2.75) is 13.5 Å². The van der Waals surface area contributed by atoms with Gasteiger partial charge >= 0.3 is 0 Å². The van der Waals surface area contributed by atoms with Crippen LogP contribution >= 0.6 is 0 Å². The minimum Gasteiger partial charge on any atom is -0.491 e. The summed E-state index contributed by atoms with van der Waals surface area (Å²) in [5.74, 6) is 0.794. The van der Waals surface area contributed by atoms with Crippen molar-refractivity contribution in [1.29, 1.82) is 5.26 Å². The lowest BCUT2D eigenvalue weighted by Gasteiger charge is -2.14. The summed E-state index contributed by atoms with van der Waals surface area (Å²) in [5.41, 5.74) is 8.00. The molecule has 0 fully saturated rings. The van der Waals surface area contributed by atoms with E-state index in [-0.39, 0.29) is 54.2 Å². The number of aliphatic hydroxyl groups is 1. The highest BCUT2D eigenvalue weighted by molar-refractivity contribution is 5.90. The van der Waals surface area contributed by atoms with Gasteiger partial charge in [0.15, 0.2) is 0 Å². The maximum atomic E-state index is 13.2. The van der Waals surface area contributed by atoms with Crippen LogP contribution in [0.15, 0.2) is 52.9 Å². The smallest absolute Gasteiger partial charge is 0.237 e. The summed E-state index contributed by atoms with van der Waals surface area (Å²) in [6, 6.07) is 14.5. The van der Waals surface area contributed by atoms with Crippen LogP contribution in [0.1, 0.15) is 17.0 Å². The van der Waals surface area contributed by atoms with E-state index in [2.05, 4.69) is 20.9 Å². The van der Waals surface area contributed by atoms with Crippen LogP contribution in [0, 0.1) is 30.6 Å². The molecule has 0 saturated carbocycles. The third-order valence-corrected chi connectivity index (χ3v) is 5.22. The topological polar surface area (TPSA) is 132 Å². The molecule has 0 spiro atoms. The second kappa shape index (κ2) is 10.6. The Morgan fingerprint density at radius 1 is 1.11 bits per heavy atom. The molecular weight excluding hydrogens is 465 g/mol. The molecule has 2 aromatic heterocycles. The lowest BCUT2D eigenvalue weighted by molar-refractivity contribution is 0.201. The van der Waals surface area contributed by atoms with Gasteiger partial charge in [-0.2, -0.15) is 5.26 Å². The Morgan fingerprint density at radius 3 is 2.44 bits per heavy atom. The van der Waals surface area contributed by atoms with Gasteiger partial charge < -0.3 is 24.7 Å². The first-order valence-electron chi connectivity index (χ1n) is 10.7. The third-order valence-electron chi connectivity index (χ3n) is 5.22. The molecule has 2 heterocycles. The average Bonchev–Trinajstić information content (AvgIpc) is 3.26. The molecule has 0 atom stereocenters. The number of ether oxygens (including phenoxy) is 2. The molecule has 9 nitrogen and oxygen atoms in total. The zero-order valence-corrected chi connectivity index (χ0v) is 19.2. The van der Waals surface area contributed by atoms with Crippen LogP contribution in [0.5, 0.6) is 11.6 Å². The minimum absolute atomic E-state index is 0.0270. The number of nitrogens with two attached hydrogens (primary N) is 1. The average molecular weight is 485 g/mol. The van der Waals surface area contributed by atoms with Crippen LogP contribution in [0.3, 0.4) is 0 Å². The quantitative estimate of drug-likeness (QED) is 0.340. The van der Waals surface area contributed by atoms with E-state index in [1.165, 1.54) is 12.1 Å². The van der Waals surface area contributed by atoms with E-state index in [1.807, 2.05) is 0 Å². The Labute approximate surface area is 206 Å². The summed E-state index contributed by atoms with van der Waals surface area (Å²) in [7, 11) is 0. The lowest BCUT2D eigenvalue weighted by Crippen LogP contribution is -2.05. The summed E-state index contributed by atoms with van der Waals surface area (Å²) < 4.78 is 30.1. The Kier molecular flexibility index (Phi) is 7.10. The predicted octanol–water partition coefficient (Wildman–Crippen LogP) is 4.81. The van der Waals surface area contributed by atoms with E-state index in [4.69, 9.17) is 31.3 Å². The summed E-state index contributed by atoms with van der Waals surface area (Å²) in [6.45, 7) is 9.21. The van der Waals surface area contributed by atoms with Crippen molar-refractivity contribution >= 4 is 11.5 Å². The van der Waals surface area contributed by atoms with Crippen molar-refractivity contribution in [2.75, 3.05) is 18.9 Å². The highest BCUT2D eigenvalue weighted by Crippen LogP contribution is 2.41. The Morgan fingerprint density at radius 2 is 1.81 bits per heavy atom. The van der Waals surface area contributed by atoms with Crippen LogP contribution in [0.4, 0.5) is 15.9 Å². The molecule has 0 aliphatic carbocycles. The molecule has 0 aliphatic heterocycles. The highest BCUT2D eigenvalue weighted by Gasteiger charge is 2.22. The lowest BCUT2D eigenvalue weighted by atomic mass is 9.99. The van der Waals surface area contributed by atoms with Gasteiger partial charge in [-0.1, -0.05) is 12.1 Å². The number of hydrogen-bond donors (Lipinski definition) is 2. The molecule has 4 rings (SSSR count). The summed E-state index contributed by atoms with van der Waals surface area (Å²) in [4.78, 5) is 12.0. The molecule has 36 heavy (non-hydrogen) atoms. The number of hydrogen-bond acceptors (Lipinski definition) is 8. The fourth-order valence-electron chi connectivity index (χ4n) is 3.47. The van der Waals surface area contributed by atoms with Crippen molar-refractivity contribution in [2.24, 2.45) is 0 Å². The first-order chi connectivity index (χ1) is 17.4. The molecule has 10 heteroatoms. The van der Waals surface area contributed by atoms with Gasteiger partial charge in [0, 0.05) is 11.1 Å². The Balaban J connectivity index is 1.66. The van der Waals surface area contributed by atoms with Gasteiger partial charge in [0.2, 0.25) is 17.5 Å². The van der Waals surface area contributed by atoms with Gasteiger partial charge in [0.1, 0.15) is 53.7 Å². The van der Waals surface area contributed by atoms with Crippen molar-refractivity contribution < 1.29 is 23.4 Å². The highest BCUT2D eigenvalue weighted by atomic mass is 19.1. The van der Waals surface area contributed by atoms with E-state index in [9.17, 15) is 9.65 Å². The van der Waals surface area contributed by atoms with Gasteiger partial charge in [0.05, 0.1) is 13.2 Å². The number of rotatable bonds is 8. The van der Waals surface area contributed by atoms with Crippen LogP contribution in [-0.2, 0) is 6.61 Å². The van der Waals surface area contributed by atoms with Crippen molar-refractivity contribution in [3.63, 3.8) is 0 Å². The maximum absolute atomic E-state index is 13.2. The van der Waals surface area contributed by atoms with Crippen LogP contribution < -0.4 is 15.2 Å². The fourth-order valence-corrected chi connectivity index (χ4v) is 3.47. The van der Waals surface area contributed by atoms with Crippen LogP contribution in [0.2, 0.25) is 0 Å². The summed E-state index contributed by atoms with van der Waals surface area (Å²) >= 11 is 0. The number of nitrogens with zero attached hydrogens (tertiary/aromatic N) is 4. The van der Waals surface area contributed by atoms with Gasteiger partial charge in [-0.25, -0.2) is 19.2 Å². The number of oxazole rings is 1. The SMILES string of the molecule is [C-]#[N+]c1c(N)nc(OCc2nc(-c3ccc(F)cc3)oc2C)c(C#N)c1-c1ccc(OCCO)cc1. The van der Waals surface area contributed by atoms with Crippen molar-refractivity contribution in [1.82, 2.24) is 9.97 Å². The normalized spacial score (nSPS) is 10.5. The fraction of sp³-hybridized carbons (Fsp3) is 0.154. The van der Waals surface area contributed by atoms with Crippen molar-refractivity contribution in [3.8, 4) is 40.3 Å². The Bertz CT molecular complexity index is 1470. The van der Waals surface area contributed by atoms with E-state index in [1.54, 1.807) is 43.3 Å². The van der Waals surface area contributed by atoms with Crippen LogP contribution in [-0.4, -0.2) is 28.3 Å². The van der Waals surface area contributed by atoms with Crippen molar-refractivity contribution in [3.05, 3.63) is 82.8 Å². The molecule has 3 N–H and O–H groups in total. The second-order valence-electron chi connectivity index (χ2n) is 7.54. The number of aromatic nitrogens is 2. The number of nitriles is 1. The van der Waals surface area contributed by atoms with E-state index in [0.717, 1.165) is 0 Å². The summed E-state index contributed by atoms with van der Waals surface area (Å²) in [6.07, 6.45) is 0. The largest absolute Gasteiger partial charge is 0.491 e. The van der Waals surface area contributed by atoms with Gasteiger partial charge in [-0.15, -0.1) is 0 Å². The molecule has 0 bridgehead atoms. The first kappa shape index (κ1) is 24.2. The van der Waals surface area contributed by atoms with E-state index in [0.29, 0.717) is 34.2 Å². The maximum Gasteiger partial charge on any atom is 0.237 e. The zero-order valence-electron chi connectivity index (χ0n) is 19.2. The number of aryl methyl sites for hydroxylation is 1. The molecule has 2 aromatic carbocycles. The predicted molar refractivity (Wildman–Crippen MR) is 129 cm³/mol. The molecular formula is C26H20FN5O4. The minimum atomic E-state index is -0.371.